The molecule has 0 aromatic carbocycles. The molecule has 5 heteroatoms. The number of carbonyl (C=O) groups excluding carboxylic acids is 1. The third-order valence-corrected chi connectivity index (χ3v) is 5.34. The molecule has 0 radical (unpaired) electrons. The highest BCUT2D eigenvalue weighted by molar-refractivity contribution is 5.79. The van der Waals surface area contributed by atoms with Crippen LogP contribution in [0.1, 0.15) is 37.8 Å². The van der Waals surface area contributed by atoms with Crippen molar-refractivity contribution in [3.05, 3.63) is 30.1 Å². The van der Waals surface area contributed by atoms with E-state index in [0.717, 1.165) is 57.4 Å². The Morgan fingerprint density at radius 3 is 2.78 bits per heavy atom. The Morgan fingerprint density at radius 2 is 2.09 bits per heavy atom. The summed E-state index contributed by atoms with van der Waals surface area (Å²) in [5.41, 5.74) is 6.91. The molecule has 1 aromatic heterocycles. The zero-order valence-corrected chi connectivity index (χ0v) is 13.8. The molecule has 3 rings (SSSR count). The van der Waals surface area contributed by atoms with Crippen LogP contribution in [0.15, 0.2) is 24.4 Å². The van der Waals surface area contributed by atoms with Gasteiger partial charge in [0, 0.05) is 37.8 Å². The van der Waals surface area contributed by atoms with Crippen molar-refractivity contribution in [2.24, 2.45) is 17.6 Å². The molecule has 1 aliphatic heterocycles. The number of nitrogens with two attached hydrogens (primary N) is 1. The van der Waals surface area contributed by atoms with E-state index >= 15 is 0 Å². The third-order valence-electron chi connectivity index (χ3n) is 5.34. The Balaban J connectivity index is 1.43. The van der Waals surface area contributed by atoms with E-state index in [1.165, 1.54) is 0 Å². The Kier molecular flexibility index (Phi) is 5.62. The van der Waals surface area contributed by atoms with Crippen LogP contribution in [0.4, 0.5) is 0 Å². The molecule has 5 nitrogen and oxygen atoms in total. The highest BCUT2D eigenvalue weighted by Crippen LogP contribution is 2.31. The van der Waals surface area contributed by atoms with Crippen LogP contribution < -0.4 is 11.1 Å². The lowest BCUT2D eigenvalue weighted by molar-refractivity contribution is -0.127. The average molecular weight is 316 g/mol. The van der Waals surface area contributed by atoms with Crippen molar-refractivity contribution >= 4 is 5.91 Å². The number of amides is 1. The molecule has 23 heavy (non-hydrogen) atoms. The number of hydrogen-bond donors (Lipinski definition) is 2. The first-order valence-electron chi connectivity index (χ1n) is 8.89. The molecule has 1 aliphatic carbocycles. The van der Waals surface area contributed by atoms with E-state index in [4.69, 9.17) is 5.73 Å². The Hall–Kier alpha value is -1.46. The zero-order valence-electron chi connectivity index (χ0n) is 13.8. The highest BCUT2D eigenvalue weighted by atomic mass is 16.2. The lowest BCUT2D eigenvalue weighted by Gasteiger charge is -2.33. The minimum absolute atomic E-state index is 0.145. The van der Waals surface area contributed by atoms with Crippen molar-refractivity contribution in [3.8, 4) is 0 Å². The van der Waals surface area contributed by atoms with Gasteiger partial charge in [-0.05, 0) is 50.3 Å². The Morgan fingerprint density at radius 1 is 1.26 bits per heavy atom. The van der Waals surface area contributed by atoms with Crippen molar-refractivity contribution in [1.29, 1.82) is 0 Å². The molecule has 2 fully saturated rings. The van der Waals surface area contributed by atoms with Gasteiger partial charge in [0.1, 0.15) is 0 Å². The van der Waals surface area contributed by atoms with E-state index < -0.39 is 0 Å². The fourth-order valence-electron chi connectivity index (χ4n) is 3.93. The van der Waals surface area contributed by atoms with E-state index in [2.05, 4.69) is 21.3 Å². The quantitative estimate of drug-likeness (QED) is 0.864. The molecule has 1 saturated heterocycles. The summed E-state index contributed by atoms with van der Waals surface area (Å²) in [4.78, 5) is 19.3. The van der Waals surface area contributed by atoms with E-state index in [9.17, 15) is 4.79 Å². The molecule has 1 aromatic rings. The number of aromatic nitrogens is 1. The molecule has 0 spiro atoms. The number of rotatable bonds is 5. The number of nitrogens with one attached hydrogen (secondary N) is 1. The minimum Gasteiger partial charge on any atom is -0.353 e. The largest absolute Gasteiger partial charge is 0.353 e. The molecule has 1 amide bonds. The van der Waals surface area contributed by atoms with E-state index in [1.54, 1.807) is 0 Å². The fourth-order valence-corrected chi connectivity index (χ4v) is 3.93. The van der Waals surface area contributed by atoms with Crippen LogP contribution in [0, 0.1) is 11.8 Å². The predicted molar refractivity (Wildman–Crippen MR) is 90.6 cm³/mol. The standard InChI is InChI=1S/C18H28N4O/c19-12-14-4-3-6-17(14)18(23)21-15-7-10-22(11-8-15)13-16-5-1-2-9-20-16/h1-2,5,9,14-15,17H,3-4,6-8,10-13,19H2,(H,21,23)/t14-,17-/m1/s1. The summed E-state index contributed by atoms with van der Waals surface area (Å²) in [6.07, 6.45) is 7.15. The van der Waals surface area contributed by atoms with Crippen molar-refractivity contribution in [2.45, 2.75) is 44.7 Å². The fraction of sp³-hybridized carbons (Fsp3) is 0.667. The summed E-state index contributed by atoms with van der Waals surface area (Å²) < 4.78 is 0. The van der Waals surface area contributed by atoms with Gasteiger partial charge in [0.2, 0.25) is 5.91 Å². The summed E-state index contributed by atoms with van der Waals surface area (Å²) in [6, 6.07) is 6.37. The first-order chi connectivity index (χ1) is 11.3. The normalized spacial score (nSPS) is 26.3. The summed E-state index contributed by atoms with van der Waals surface area (Å²) in [5.74, 6) is 0.770. The Labute approximate surface area is 138 Å². The molecular formula is C18H28N4O. The van der Waals surface area contributed by atoms with Gasteiger partial charge in [0.15, 0.2) is 0 Å². The van der Waals surface area contributed by atoms with Crippen molar-refractivity contribution in [1.82, 2.24) is 15.2 Å². The van der Waals surface area contributed by atoms with Crippen LogP contribution in [-0.4, -0.2) is 41.5 Å². The number of nitrogens with zero attached hydrogens (tertiary/aromatic N) is 2. The number of likely N-dealkylation sites (tertiary alicyclic amines) is 1. The lowest BCUT2D eigenvalue weighted by Crippen LogP contribution is -2.47. The molecular weight excluding hydrogens is 288 g/mol. The number of pyridine rings is 1. The van der Waals surface area contributed by atoms with Gasteiger partial charge in [-0.2, -0.15) is 0 Å². The van der Waals surface area contributed by atoms with Gasteiger partial charge in [-0.25, -0.2) is 0 Å². The molecule has 2 atom stereocenters. The van der Waals surface area contributed by atoms with Crippen LogP contribution in [-0.2, 0) is 11.3 Å². The summed E-state index contributed by atoms with van der Waals surface area (Å²) >= 11 is 0. The second kappa shape index (κ2) is 7.88. The zero-order chi connectivity index (χ0) is 16.1. The van der Waals surface area contributed by atoms with Gasteiger partial charge < -0.3 is 11.1 Å². The van der Waals surface area contributed by atoms with E-state index in [1.807, 2.05) is 18.3 Å². The van der Waals surface area contributed by atoms with E-state index in [-0.39, 0.29) is 11.8 Å². The molecule has 0 bridgehead atoms. The van der Waals surface area contributed by atoms with Gasteiger partial charge in [-0.3, -0.25) is 14.7 Å². The number of carbonyl (C=O) groups is 1. The SMILES string of the molecule is NC[C@H]1CCC[C@H]1C(=O)NC1CCN(Cc2ccccn2)CC1. The van der Waals surface area contributed by atoms with Crippen LogP contribution in [0.2, 0.25) is 0 Å². The van der Waals surface area contributed by atoms with E-state index in [0.29, 0.717) is 18.5 Å². The van der Waals surface area contributed by atoms with Gasteiger partial charge in [0.25, 0.3) is 0 Å². The summed E-state index contributed by atoms with van der Waals surface area (Å²) in [5, 5.41) is 3.27. The molecule has 3 N–H and O–H groups in total. The van der Waals surface area contributed by atoms with Gasteiger partial charge in [0.05, 0.1) is 5.69 Å². The van der Waals surface area contributed by atoms with Crippen molar-refractivity contribution < 1.29 is 4.79 Å². The maximum atomic E-state index is 12.5. The Bertz CT molecular complexity index is 499. The van der Waals surface area contributed by atoms with Gasteiger partial charge in [-0.1, -0.05) is 12.5 Å². The van der Waals surface area contributed by atoms with Gasteiger partial charge >= 0.3 is 0 Å². The molecule has 126 valence electrons. The molecule has 2 aliphatic rings. The predicted octanol–water partition coefficient (Wildman–Crippen LogP) is 1.54. The number of hydrogen-bond acceptors (Lipinski definition) is 4. The smallest absolute Gasteiger partial charge is 0.223 e. The maximum Gasteiger partial charge on any atom is 0.223 e. The van der Waals surface area contributed by atoms with Crippen LogP contribution in [0.25, 0.3) is 0 Å². The molecule has 2 heterocycles. The first-order valence-corrected chi connectivity index (χ1v) is 8.89. The summed E-state index contributed by atoms with van der Waals surface area (Å²) in [7, 11) is 0. The number of piperidine rings is 1. The highest BCUT2D eigenvalue weighted by Gasteiger charge is 2.33. The second-order valence-electron chi connectivity index (χ2n) is 6.91. The summed E-state index contributed by atoms with van der Waals surface area (Å²) in [6.45, 7) is 3.58. The van der Waals surface area contributed by atoms with Crippen molar-refractivity contribution in [2.75, 3.05) is 19.6 Å². The first kappa shape index (κ1) is 16.4. The minimum atomic E-state index is 0.145. The monoisotopic (exact) mass is 316 g/mol. The van der Waals surface area contributed by atoms with Crippen molar-refractivity contribution in [3.63, 3.8) is 0 Å². The second-order valence-corrected chi connectivity index (χ2v) is 6.91. The lowest BCUT2D eigenvalue weighted by atomic mass is 9.94. The maximum absolute atomic E-state index is 12.5. The van der Waals surface area contributed by atoms with Crippen LogP contribution in [0.3, 0.4) is 0 Å². The van der Waals surface area contributed by atoms with Crippen LogP contribution in [0.5, 0.6) is 0 Å². The van der Waals surface area contributed by atoms with Gasteiger partial charge in [-0.15, -0.1) is 0 Å². The van der Waals surface area contributed by atoms with Crippen LogP contribution >= 0.6 is 0 Å². The average Bonchev–Trinajstić information content (AvgIpc) is 3.06. The molecule has 0 unspecified atom stereocenters. The topological polar surface area (TPSA) is 71.2 Å². The third kappa shape index (κ3) is 4.30. The molecule has 1 saturated carbocycles.